The largest absolute Gasteiger partial charge is 0.396 e. The lowest BCUT2D eigenvalue weighted by molar-refractivity contribution is 0.105. The number of hydrogen-bond acceptors (Lipinski definition) is 5. The molecule has 1 saturated heterocycles. The number of rotatable bonds is 10. The van der Waals surface area contributed by atoms with Crippen LogP contribution in [0.5, 0.6) is 0 Å². The van der Waals surface area contributed by atoms with Crippen molar-refractivity contribution in [2.45, 2.75) is 83.1 Å². The van der Waals surface area contributed by atoms with E-state index in [9.17, 15) is 5.11 Å². The van der Waals surface area contributed by atoms with Crippen molar-refractivity contribution < 1.29 is 9.84 Å². The van der Waals surface area contributed by atoms with Crippen molar-refractivity contribution in [2.24, 2.45) is 0 Å². The summed E-state index contributed by atoms with van der Waals surface area (Å²) in [5, 5.41) is 9.18. The van der Waals surface area contributed by atoms with Gasteiger partial charge in [-0.1, -0.05) is 45.9 Å². The number of anilines is 1. The van der Waals surface area contributed by atoms with Gasteiger partial charge in [0, 0.05) is 45.0 Å². The highest BCUT2D eigenvalue weighted by Crippen LogP contribution is 2.46. The van der Waals surface area contributed by atoms with E-state index < -0.39 is 0 Å². The Morgan fingerprint density at radius 3 is 2.39 bits per heavy atom. The molecule has 0 saturated carbocycles. The van der Waals surface area contributed by atoms with Crippen LogP contribution in [0.3, 0.4) is 0 Å². The minimum absolute atomic E-state index is 0.201. The Bertz CT molecular complexity index is 995. The third-order valence-electron chi connectivity index (χ3n) is 8.62. The molecule has 1 aliphatic carbocycles. The first kappa shape index (κ1) is 27.1. The molecule has 0 bridgehead atoms. The molecule has 0 unspecified atom stereocenters. The summed E-state index contributed by atoms with van der Waals surface area (Å²) in [7, 11) is 1.78. The molecule has 0 atom stereocenters. The molecule has 1 aromatic carbocycles. The topological polar surface area (TPSA) is 48.8 Å². The second kappa shape index (κ2) is 11.6. The predicted molar refractivity (Wildman–Crippen MR) is 150 cm³/mol. The van der Waals surface area contributed by atoms with Gasteiger partial charge in [0.2, 0.25) is 0 Å². The van der Waals surface area contributed by atoms with E-state index in [-0.39, 0.29) is 17.4 Å². The standard InChI is InChI=1S/C31H47N3O2/c1-30(2)15-16-31(3,4)27-23-24(11-12-26(27)30)28-9-8-10-29(32-28)34-18-13-25(14-19-34)33(20-22-36-5)17-6-7-21-35/h8-12,23,25,35H,6-7,13-22H2,1-5H3. The van der Waals surface area contributed by atoms with Crippen molar-refractivity contribution in [1.82, 2.24) is 9.88 Å². The van der Waals surface area contributed by atoms with E-state index in [1.165, 1.54) is 29.5 Å². The smallest absolute Gasteiger partial charge is 0.129 e. The molecular formula is C31H47N3O2. The van der Waals surface area contributed by atoms with Gasteiger partial charge in [0.25, 0.3) is 0 Å². The third-order valence-corrected chi connectivity index (χ3v) is 8.62. The van der Waals surface area contributed by atoms with Crippen molar-refractivity contribution in [3.8, 4) is 11.3 Å². The molecule has 0 radical (unpaired) electrons. The van der Waals surface area contributed by atoms with E-state index in [0.29, 0.717) is 6.04 Å². The maximum atomic E-state index is 9.18. The van der Waals surface area contributed by atoms with E-state index in [2.05, 4.69) is 73.9 Å². The first-order valence-corrected chi connectivity index (χ1v) is 14.0. The number of aromatic nitrogens is 1. The number of fused-ring (bicyclic) bond motifs is 1. The van der Waals surface area contributed by atoms with Gasteiger partial charge in [0.1, 0.15) is 5.82 Å². The summed E-state index contributed by atoms with van der Waals surface area (Å²) in [6, 6.07) is 14.1. The fourth-order valence-electron chi connectivity index (χ4n) is 6.08. The van der Waals surface area contributed by atoms with E-state index in [0.717, 1.165) is 70.0 Å². The van der Waals surface area contributed by atoms with Crippen LogP contribution in [0.2, 0.25) is 0 Å². The fourth-order valence-corrected chi connectivity index (χ4v) is 6.08. The second-order valence-electron chi connectivity index (χ2n) is 12.1. The molecule has 1 N–H and O–H groups in total. The summed E-state index contributed by atoms with van der Waals surface area (Å²) in [5.41, 5.74) is 5.72. The van der Waals surface area contributed by atoms with E-state index in [1.54, 1.807) is 7.11 Å². The number of benzene rings is 1. The number of ether oxygens (including phenoxy) is 1. The number of aliphatic hydroxyl groups is 1. The maximum Gasteiger partial charge on any atom is 0.129 e. The number of hydrogen-bond donors (Lipinski definition) is 1. The summed E-state index contributed by atoms with van der Waals surface area (Å²) in [6.45, 7) is 14.6. The molecule has 1 aromatic heterocycles. The number of aliphatic hydroxyl groups excluding tert-OH is 1. The predicted octanol–water partition coefficient (Wildman–Crippen LogP) is 5.79. The fraction of sp³-hybridized carbons (Fsp3) is 0.645. The lowest BCUT2D eigenvalue weighted by Gasteiger charge is -2.42. The molecule has 198 valence electrons. The summed E-state index contributed by atoms with van der Waals surface area (Å²) >= 11 is 0. The van der Waals surface area contributed by atoms with E-state index >= 15 is 0 Å². The first-order chi connectivity index (χ1) is 17.2. The zero-order valence-corrected chi connectivity index (χ0v) is 23.2. The molecule has 0 amide bonds. The van der Waals surface area contributed by atoms with Gasteiger partial charge < -0.3 is 14.7 Å². The van der Waals surface area contributed by atoms with Crippen LogP contribution in [0.4, 0.5) is 5.82 Å². The minimum Gasteiger partial charge on any atom is -0.396 e. The zero-order chi connectivity index (χ0) is 25.8. The molecule has 4 rings (SSSR count). The quantitative estimate of drug-likeness (QED) is 0.425. The summed E-state index contributed by atoms with van der Waals surface area (Å²) < 4.78 is 5.36. The van der Waals surface area contributed by atoms with Crippen LogP contribution in [0.15, 0.2) is 36.4 Å². The van der Waals surface area contributed by atoms with E-state index in [4.69, 9.17) is 9.72 Å². The second-order valence-corrected chi connectivity index (χ2v) is 12.1. The van der Waals surface area contributed by atoms with Crippen LogP contribution in [0, 0.1) is 0 Å². The first-order valence-electron chi connectivity index (χ1n) is 14.0. The van der Waals surface area contributed by atoms with Crippen molar-refractivity contribution >= 4 is 5.82 Å². The van der Waals surface area contributed by atoms with Gasteiger partial charge in [0.15, 0.2) is 0 Å². The van der Waals surface area contributed by atoms with Crippen LogP contribution in [-0.2, 0) is 15.6 Å². The van der Waals surface area contributed by atoms with Crippen molar-refractivity contribution in [3.05, 3.63) is 47.5 Å². The molecule has 1 fully saturated rings. The summed E-state index contributed by atoms with van der Waals surface area (Å²) in [5.74, 6) is 1.09. The van der Waals surface area contributed by atoms with Gasteiger partial charge in [-0.05, 0) is 85.2 Å². The molecule has 36 heavy (non-hydrogen) atoms. The molecule has 2 aromatic rings. The Balaban J connectivity index is 1.47. The number of piperidine rings is 1. The van der Waals surface area contributed by atoms with Crippen LogP contribution >= 0.6 is 0 Å². The lowest BCUT2D eigenvalue weighted by Crippen LogP contribution is -2.46. The van der Waals surface area contributed by atoms with Gasteiger partial charge in [-0.15, -0.1) is 0 Å². The van der Waals surface area contributed by atoms with Gasteiger partial charge in [-0.3, -0.25) is 4.90 Å². The van der Waals surface area contributed by atoms with Crippen LogP contribution in [0.1, 0.15) is 77.3 Å². The average Bonchev–Trinajstić information content (AvgIpc) is 2.89. The number of pyridine rings is 1. The Labute approximate surface area is 218 Å². The highest BCUT2D eigenvalue weighted by atomic mass is 16.5. The monoisotopic (exact) mass is 493 g/mol. The lowest BCUT2D eigenvalue weighted by atomic mass is 9.63. The normalized spacial score (nSPS) is 19.5. The Hall–Kier alpha value is -1.95. The molecular weight excluding hydrogens is 446 g/mol. The number of methoxy groups -OCH3 is 1. The van der Waals surface area contributed by atoms with Crippen molar-refractivity contribution in [3.63, 3.8) is 0 Å². The highest BCUT2D eigenvalue weighted by molar-refractivity contribution is 5.65. The molecule has 2 heterocycles. The van der Waals surface area contributed by atoms with Crippen LogP contribution in [-0.4, -0.2) is 67.5 Å². The highest BCUT2D eigenvalue weighted by Gasteiger charge is 2.37. The van der Waals surface area contributed by atoms with Gasteiger partial charge >= 0.3 is 0 Å². The Kier molecular flexibility index (Phi) is 8.75. The summed E-state index contributed by atoms with van der Waals surface area (Å²) in [4.78, 5) is 10.2. The van der Waals surface area contributed by atoms with Gasteiger partial charge in [0.05, 0.1) is 12.3 Å². The molecule has 5 heteroatoms. The van der Waals surface area contributed by atoms with Crippen LogP contribution in [0.25, 0.3) is 11.3 Å². The SMILES string of the molecule is COCCN(CCCCO)C1CCN(c2cccc(-c3ccc4c(c3)C(C)(C)CCC4(C)C)n2)CC1. The average molecular weight is 494 g/mol. The van der Waals surface area contributed by atoms with Gasteiger partial charge in [-0.2, -0.15) is 0 Å². The Morgan fingerprint density at radius 1 is 0.972 bits per heavy atom. The van der Waals surface area contributed by atoms with E-state index in [1.807, 2.05) is 0 Å². The Morgan fingerprint density at radius 2 is 1.69 bits per heavy atom. The number of unbranched alkanes of at least 4 members (excludes halogenated alkanes) is 1. The molecule has 0 spiro atoms. The molecule has 5 nitrogen and oxygen atoms in total. The third kappa shape index (κ3) is 6.12. The molecule has 1 aliphatic heterocycles. The van der Waals surface area contributed by atoms with Crippen LogP contribution < -0.4 is 4.90 Å². The number of nitrogens with zero attached hydrogens (tertiary/aromatic N) is 3. The van der Waals surface area contributed by atoms with Crippen molar-refractivity contribution in [1.29, 1.82) is 0 Å². The zero-order valence-electron chi connectivity index (χ0n) is 23.2. The van der Waals surface area contributed by atoms with Gasteiger partial charge in [-0.25, -0.2) is 4.98 Å². The summed E-state index contributed by atoms with van der Waals surface area (Å²) in [6.07, 6.45) is 6.64. The minimum atomic E-state index is 0.201. The van der Waals surface area contributed by atoms with Crippen molar-refractivity contribution in [2.75, 3.05) is 51.4 Å². The maximum absolute atomic E-state index is 9.18. The molecule has 2 aliphatic rings.